The number of carbonyl (C=O) groups is 1. The van der Waals surface area contributed by atoms with Gasteiger partial charge < -0.3 is 20.3 Å². The summed E-state index contributed by atoms with van der Waals surface area (Å²) >= 11 is 0. The number of primary amides is 1. The van der Waals surface area contributed by atoms with Gasteiger partial charge in [-0.2, -0.15) is 0 Å². The summed E-state index contributed by atoms with van der Waals surface area (Å²) < 4.78 is 38.6. The van der Waals surface area contributed by atoms with E-state index in [1.165, 1.54) is 11.1 Å². The monoisotopic (exact) mass is 657 g/mol. The van der Waals surface area contributed by atoms with E-state index in [9.17, 15) is 18.3 Å². The van der Waals surface area contributed by atoms with Crippen LogP contribution < -0.4 is 19.9 Å². The van der Waals surface area contributed by atoms with E-state index in [4.69, 9.17) is 15.2 Å². The van der Waals surface area contributed by atoms with Crippen molar-refractivity contribution in [3.8, 4) is 11.5 Å². The molecule has 4 aromatic rings. The number of hydrogen-bond donors (Lipinski definition) is 3. The van der Waals surface area contributed by atoms with Crippen molar-refractivity contribution in [3.05, 3.63) is 125 Å². The first-order chi connectivity index (χ1) is 22.6. The van der Waals surface area contributed by atoms with Crippen LogP contribution in [0.5, 0.6) is 11.5 Å². The topological polar surface area (TPSA) is 131 Å². The molecule has 0 aliphatic heterocycles. The molecule has 1 saturated carbocycles. The average Bonchev–Trinajstić information content (AvgIpc) is 3.07. The van der Waals surface area contributed by atoms with Crippen molar-refractivity contribution in [2.45, 2.75) is 56.9 Å². The molecule has 47 heavy (non-hydrogen) atoms. The van der Waals surface area contributed by atoms with Gasteiger partial charge in [0, 0.05) is 30.8 Å². The van der Waals surface area contributed by atoms with Crippen molar-refractivity contribution in [2.75, 3.05) is 24.1 Å². The molecule has 0 unspecified atom stereocenters. The summed E-state index contributed by atoms with van der Waals surface area (Å²) in [6.07, 6.45) is 4.28. The Morgan fingerprint density at radius 3 is 2.15 bits per heavy atom. The zero-order valence-corrected chi connectivity index (χ0v) is 27.4. The molecule has 0 saturated heterocycles. The number of amides is 1. The third kappa shape index (κ3) is 10.3. The normalized spacial score (nSPS) is 17.2. The largest absolute Gasteiger partial charge is 0.491 e. The number of carbonyl (C=O) groups excluding carboxylic acids is 1. The number of hydrogen-bond acceptors (Lipinski definition) is 7. The van der Waals surface area contributed by atoms with Gasteiger partial charge in [0.05, 0.1) is 11.9 Å². The van der Waals surface area contributed by atoms with Crippen LogP contribution in [0.25, 0.3) is 0 Å². The second kappa shape index (κ2) is 15.9. The molecule has 1 amide bonds. The minimum atomic E-state index is -3.58. The van der Waals surface area contributed by atoms with Crippen molar-refractivity contribution < 1.29 is 27.8 Å². The van der Waals surface area contributed by atoms with Gasteiger partial charge in [-0.3, -0.25) is 14.4 Å². The first-order valence-corrected chi connectivity index (χ1v) is 17.8. The summed E-state index contributed by atoms with van der Waals surface area (Å²) in [6.45, 7) is 1.44. The summed E-state index contributed by atoms with van der Waals surface area (Å²) in [7, 11) is -3.58. The SMILES string of the molecule is CS(=O)(=O)Nc1cc(OC[C@@H](O)CN(Cc2ccccc2)[C@H]2CC[C@H](c3ccc(C(N)=O)cc3)CC2)ccc1OCc1ccccc1. The number of ether oxygens (including phenoxy) is 2. The van der Waals surface area contributed by atoms with Gasteiger partial charge in [-0.1, -0.05) is 72.8 Å². The summed E-state index contributed by atoms with van der Waals surface area (Å²) in [6, 6.07) is 32.7. The molecule has 4 aromatic carbocycles. The number of benzene rings is 4. The Labute approximate surface area is 277 Å². The molecule has 5 rings (SSSR count). The quantitative estimate of drug-likeness (QED) is 0.149. The Hall–Kier alpha value is -4.38. The van der Waals surface area contributed by atoms with Crippen molar-refractivity contribution in [3.63, 3.8) is 0 Å². The first kappa shape index (κ1) is 34.0. The van der Waals surface area contributed by atoms with E-state index < -0.39 is 22.0 Å². The third-order valence-electron chi connectivity index (χ3n) is 8.48. The van der Waals surface area contributed by atoms with E-state index in [-0.39, 0.29) is 24.9 Å². The molecular formula is C37H43N3O6S. The van der Waals surface area contributed by atoms with Crippen LogP contribution in [0.2, 0.25) is 0 Å². The zero-order valence-electron chi connectivity index (χ0n) is 26.6. The van der Waals surface area contributed by atoms with Crippen LogP contribution in [0.1, 0.15) is 58.6 Å². The number of aliphatic hydroxyl groups excluding tert-OH is 1. The molecule has 10 heteroatoms. The fraction of sp³-hybridized carbons (Fsp3) is 0.324. The number of nitrogens with one attached hydrogen (secondary N) is 1. The lowest BCUT2D eigenvalue weighted by Gasteiger charge is -2.38. The Morgan fingerprint density at radius 1 is 0.894 bits per heavy atom. The highest BCUT2D eigenvalue weighted by Crippen LogP contribution is 2.36. The zero-order chi connectivity index (χ0) is 33.2. The lowest BCUT2D eigenvalue weighted by atomic mass is 9.81. The smallest absolute Gasteiger partial charge is 0.248 e. The number of sulfonamides is 1. The fourth-order valence-electron chi connectivity index (χ4n) is 6.11. The predicted molar refractivity (Wildman–Crippen MR) is 184 cm³/mol. The van der Waals surface area contributed by atoms with Gasteiger partial charge in [0.25, 0.3) is 0 Å². The number of anilines is 1. The van der Waals surface area contributed by atoms with E-state index >= 15 is 0 Å². The number of nitrogens with two attached hydrogens (primary N) is 1. The highest BCUT2D eigenvalue weighted by molar-refractivity contribution is 7.92. The maximum Gasteiger partial charge on any atom is 0.248 e. The number of nitrogens with zero attached hydrogens (tertiary/aromatic N) is 1. The van der Waals surface area contributed by atoms with E-state index in [1.807, 2.05) is 60.7 Å². The van der Waals surface area contributed by atoms with Gasteiger partial charge in [-0.05, 0) is 72.6 Å². The van der Waals surface area contributed by atoms with Gasteiger partial charge in [0.15, 0.2) is 0 Å². The molecular weight excluding hydrogens is 614 g/mol. The van der Waals surface area contributed by atoms with Crippen LogP contribution in [-0.4, -0.2) is 55.9 Å². The van der Waals surface area contributed by atoms with Gasteiger partial charge >= 0.3 is 0 Å². The lowest BCUT2D eigenvalue weighted by molar-refractivity contribution is 0.0384. The number of rotatable bonds is 15. The molecule has 1 aliphatic carbocycles. The molecule has 0 radical (unpaired) electrons. The van der Waals surface area contributed by atoms with Gasteiger partial charge in [0.1, 0.15) is 30.8 Å². The van der Waals surface area contributed by atoms with Crippen LogP contribution in [0.15, 0.2) is 103 Å². The van der Waals surface area contributed by atoms with Crippen LogP contribution in [0, 0.1) is 0 Å². The maximum absolute atomic E-state index is 12.1. The minimum absolute atomic E-state index is 0.0371. The standard InChI is InChI=1S/C37H43N3O6S/c1-47(43,44)39-35-22-34(20-21-36(35)46-25-28-10-6-3-7-11-28)45-26-33(41)24-40(23-27-8-4-2-5-9-27)32-18-16-30(17-19-32)29-12-14-31(15-13-29)37(38)42/h2-15,20-22,30,32-33,39,41H,16-19,23-26H2,1H3,(H2,38,42)/t30-,32-,33-/m0/s1. The molecule has 1 aliphatic rings. The molecule has 0 spiro atoms. The van der Waals surface area contributed by atoms with E-state index in [1.54, 1.807) is 30.3 Å². The molecule has 4 N–H and O–H groups in total. The Balaban J connectivity index is 1.22. The minimum Gasteiger partial charge on any atom is -0.491 e. The van der Waals surface area contributed by atoms with Crippen molar-refractivity contribution in [1.29, 1.82) is 0 Å². The van der Waals surface area contributed by atoms with Crippen LogP contribution in [0.4, 0.5) is 5.69 Å². The second-order valence-corrected chi connectivity index (χ2v) is 13.9. The van der Waals surface area contributed by atoms with Crippen molar-refractivity contribution >= 4 is 21.6 Å². The Kier molecular flexibility index (Phi) is 11.5. The number of aliphatic hydroxyl groups is 1. The Bertz CT molecular complexity index is 1690. The van der Waals surface area contributed by atoms with E-state index in [0.29, 0.717) is 36.1 Å². The summed E-state index contributed by atoms with van der Waals surface area (Å²) in [4.78, 5) is 13.8. The molecule has 0 bridgehead atoms. The van der Waals surface area contributed by atoms with Crippen LogP contribution >= 0.6 is 0 Å². The third-order valence-corrected chi connectivity index (χ3v) is 9.07. The molecule has 248 valence electrons. The van der Waals surface area contributed by atoms with Crippen molar-refractivity contribution in [2.24, 2.45) is 5.73 Å². The second-order valence-electron chi connectivity index (χ2n) is 12.2. The molecule has 1 atom stereocenters. The van der Waals surface area contributed by atoms with Gasteiger partial charge in [0.2, 0.25) is 15.9 Å². The van der Waals surface area contributed by atoms with Crippen LogP contribution in [0.3, 0.4) is 0 Å². The average molecular weight is 658 g/mol. The highest BCUT2D eigenvalue weighted by atomic mass is 32.2. The summed E-state index contributed by atoms with van der Waals surface area (Å²) in [5.74, 6) is 0.782. The lowest BCUT2D eigenvalue weighted by Crippen LogP contribution is -2.43. The molecule has 0 aromatic heterocycles. The van der Waals surface area contributed by atoms with E-state index in [0.717, 1.165) is 37.5 Å². The fourth-order valence-corrected chi connectivity index (χ4v) is 6.67. The van der Waals surface area contributed by atoms with Crippen LogP contribution in [-0.2, 0) is 23.2 Å². The highest BCUT2D eigenvalue weighted by Gasteiger charge is 2.28. The summed E-state index contributed by atoms with van der Waals surface area (Å²) in [5, 5.41) is 11.2. The van der Waals surface area contributed by atoms with Gasteiger partial charge in [-0.15, -0.1) is 0 Å². The summed E-state index contributed by atoms with van der Waals surface area (Å²) in [5.41, 5.74) is 9.54. The predicted octanol–water partition coefficient (Wildman–Crippen LogP) is 5.70. The molecule has 1 fully saturated rings. The Morgan fingerprint density at radius 2 is 1.53 bits per heavy atom. The van der Waals surface area contributed by atoms with Gasteiger partial charge in [-0.25, -0.2) is 8.42 Å². The van der Waals surface area contributed by atoms with Crippen molar-refractivity contribution in [1.82, 2.24) is 4.90 Å². The first-order valence-electron chi connectivity index (χ1n) is 15.9. The maximum atomic E-state index is 12.1. The molecule has 0 heterocycles. The molecule has 9 nitrogen and oxygen atoms in total. The van der Waals surface area contributed by atoms with E-state index in [2.05, 4.69) is 21.8 Å².